The molecule has 7 nitrogen and oxygen atoms in total. The molecule has 150 valence electrons. The highest BCUT2D eigenvalue weighted by Crippen LogP contribution is 2.48. The highest BCUT2D eigenvalue weighted by atomic mass is 19.4. The Morgan fingerprint density at radius 1 is 1.37 bits per heavy atom. The molecule has 3 aliphatic rings. The van der Waals surface area contributed by atoms with Crippen molar-refractivity contribution in [2.75, 3.05) is 13.2 Å². The number of nitrogens with zero attached hydrogens (tertiary/aromatic N) is 2. The Morgan fingerprint density at radius 2 is 1.93 bits per heavy atom. The quantitative estimate of drug-likeness (QED) is 0.706. The SMILES string of the molecule is C=CC1([C@H](N)C(=O)N2[C@H](C#N)C[C@@H]3C[C@@H]32)CCOCC1.O=C(O)C(F)(F)F. The van der Waals surface area contributed by atoms with E-state index in [0.29, 0.717) is 19.1 Å². The molecule has 1 aliphatic carbocycles. The molecule has 3 rings (SSSR count). The molecule has 3 N–H and O–H groups in total. The smallest absolute Gasteiger partial charge is 0.475 e. The third kappa shape index (κ3) is 4.42. The first-order valence-corrected chi connectivity index (χ1v) is 8.56. The normalized spacial score (nSPS) is 29.4. The Hall–Kier alpha value is -2.12. The van der Waals surface area contributed by atoms with E-state index < -0.39 is 18.2 Å². The fourth-order valence-electron chi connectivity index (χ4n) is 3.69. The van der Waals surface area contributed by atoms with E-state index >= 15 is 0 Å². The summed E-state index contributed by atoms with van der Waals surface area (Å²) >= 11 is 0. The molecular weight excluding hydrogens is 367 g/mol. The number of carboxylic acid groups (broad SMARTS) is 1. The number of halogens is 3. The zero-order chi connectivity index (χ0) is 20.4. The van der Waals surface area contributed by atoms with Crippen LogP contribution in [0.2, 0.25) is 0 Å². The number of carboxylic acids is 1. The van der Waals surface area contributed by atoms with Crippen LogP contribution in [0.1, 0.15) is 25.7 Å². The first-order valence-electron chi connectivity index (χ1n) is 8.56. The molecular formula is C17H22F3N3O4. The van der Waals surface area contributed by atoms with Crippen molar-refractivity contribution in [3.05, 3.63) is 12.7 Å². The van der Waals surface area contributed by atoms with Crippen LogP contribution in [0.5, 0.6) is 0 Å². The number of alkyl halides is 3. The zero-order valence-corrected chi connectivity index (χ0v) is 14.6. The number of ether oxygens (including phenoxy) is 1. The maximum Gasteiger partial charge on any atom is 0.490 e. The standard InChI is InChI=1S/C15H21N3O2.C2HF3O2/c1-2-15(3-5-20-6-4-15)13(17)14(19)18-11(9-16)7-10-8-12(10)18;3-2(4,5)1(6)7/h2,10-13H,1,3-8,17H2;(H,6,7)/t10-,11+,12+,13-;/m1./s1. The lowest BCUT2D eigenvalue weighted by Gasteiger charge is -2.40. The fourth-order valence-corrected chi connectivity index (χ4v) is 3.69. The van der Waals surface area contributed by atoms with Crippen molar-refractivity contribution in [3.63, 3.8) is 0 Å². The van der Waals surface area contributed by atoms with E-state index in [4.69, 9.17) is 20.4 Å². The van der Waals surface area contributed by atoms with Gasteiger partial charge in [0.25, 0.3) is 0 Å². The maximum absolute atomic E-state index is 12.8. The topological polar surface area (TPSA) is 117 Å². The summed E-state index contributed by atoms with van der Waals surface area (Å²) in [5, 5.41) is 16.3. The summed E-state index contributed by atoms with van der Waals surface area (Å²) in [6.45, 7) is 5.11. The van der Waals surface area contributed by atoms with Gasteiger partial charge in [-0.1, -0.05) is 6.08 Å². The van der Waals surface area contributed by atoms with Gasteiger partial charge in [0.05, 0.1) is 12.1 Å². The van der Waals surface area contributed by atoms with Gasteiger partial charge in [-0.25, -0.2) is 4.79 Å². The summed E-state index contributed by atoms with van der Waals surface area (Å²) in [5.41, 5.74) is 5.90. The van der Waals surface area contributed by atoms with E-state index in [2.05, 4.69) is 12.6 Å². The minimum atomic E-state index is -5.08. The minimum absolute atomic E-state index is 0.0802. The van der Waals surface area contributed by atoms with Crippen LogP contribution in [0.25, 0.3) is 0 Å². The summed E-state index contributed by atoms with van der Waals surface area (Å²) in [7, 11) is 0. The van der Waals surface area contributed by atoms with Crippen LogP contribution in [-0.4, -0.2) is 59.4 Å². The van der Waals surface area contributed by atoms with E-state index in [1.54, 1.807) is 4.90 Å². The summed E-state index contributed by atoms with van der Waals surface area (Å²) in [6.07, 6.45) is 0.0235. The number of nitrogens with two attached hydrogens (primary N) is 1. The number of fused-ring (bicyclic) bond motifs is 1. The number of aliphatic carboxylic acids is 1. The van der Waals surface area contributed by atoms with E-state index in [0.717, 1.165) is 25.7 Å². The van der Waals surface area contributed by atoms with Crippen LogP contribution in [0.3, 0.4) is 0 Å². The van der Waals surface area contributed by atoms with Crippen LogP contribution in [0, 0.1) is 22.7 Å². The van der Waals surface area contributed by atoms with E-state index in [9.17, 15) is 23.2 Å². The Kier molecular flexibility index (Phi) is 6.17. The van der Waals surface area contributed by atoms with Crippen molar-refractivity contribution in [1.82, 2.24) is 4.90 Å². The van der Waals surface area contributed by atoms with Gasteiger partial charge in [0.1, 0.15) is 6.04 Å². The molecule has 27 heavy (non-hydrogen) atoms. The van der Waals surface area contributed by atoms with Crippen LogP contribution in [0.4, 0.5) is 13.2 Å². The molecule has 0 radical (unpaired) electrons. The van der Waals surface area contributed by atoms with Gasteiger partial charge in [0.15, 0.2) is 0 Å². The molecule has 0 aromatic heterocycles. The molecule has 0 spiro atoms. The first kappa shape index (κ1) is 21.2. The van der Waals surface area contributed by atoms with Gasteiger partial charge in [-0.15, -0.1) is 6.58 Å². The number of likely N-dealkylation sites (tertiary alicyclic amines) is 1. The molecule has 2 saturated heterocycles. The lowest BCUT2D eigenvalue weighted by molar-refractivity contribution is -0.192. The number of hydrogen-bond donors (Lipinski definition) is 2. The van der Waals surface area contributed by atoms with E-state index in [1.165, 1.54) is 0 Å². The predicted octanol–water partition coefficient (Wildman–Crippen LogP) is 1.44. The van der Waals surface area contributed by atoms with Crippen molar-refractivity contribution < 1.29 is 32.6 Å². The Morgan fingerprint density at radius 3 is 2.37 bits per heavy atom. The molecule has 3 fully saturated rings. The molecule has 0 unspecified atom stereocenters. The number of rotatable bonds is 3. The third-order valence-electron chi connectivity index (χ3n) is 5.47. The average Bonchev–Trinajstić information content (AvgIpc) is 3.30. The Labute approximate surface area is 154 Å². The number of amides is 1. The first-order chi connectivity index (χ1) is 12.6. The van der Waals surface area contributed by atoms with Gasteiger partial charge >= 0.3 is 12.1 Å². The highest BCUT2D eigenvalue weighted by Gasteiger charge is 2.56. The van der Waals surface area contributed by atoms with Crippen LogP contribution >= 0.6 is 0 Å². The molecule has 2 aliphatic heterocycles. The number of carbonyl (C=O) groups excluding carboxylic acids is 1. The van der Waals surface area contributed by atoms with Gasteiger partial charge in [0.2, 0.25) is 5.91 Å². The minimum Gasteiger partial charge on any atom is -0.475 e. The second-order valence-corrected chi connectivity index (χ2v) is 7.02. The number of hydrogen-bond acceptors (Lipinski definition) is 5. The average molecular weight is 389 g/mol. The van der Waals surface area contributed by atoms with Crippen molar-refractivity contribution in [1.29, 1.82) is 5.26 Å². The number of carbonyl (C=O) groups is 2. The Balaban J connectivity index is 0.000000321. The van der Waals surface area contributed by atoms with E-state index in [1.807, 2.05) is 6.08 Å². The Bertz CT molecular complexity index is 640. The fraction of sp³-hybridized carbons (Fsp3) is 0.706. The summed E-state index contributed by atoms with van der Waals surface area (Å²) in [6, 6.07) is 1.59. The van der Waals surface area contributed by atoms with Gasteiger partial charge < -0.3 is 20.5 Å². The predicted molar refractivity (Wildman–Crippen MR) is 87.1 cm³/mol. The monoisotopic (exact) mass is 389 g/mol. The van der Waals surface area contributed by atoms with Gasteiger partial charge in [-0.3, -0.25) is 4.79 Å². The summed E-state index contributed by atoms with van der Waals surface area (Å²) < 4.78 is 37.1. The van der Waals surface area contributed by atoms with Crippen LogP contribution in [-0.2, 0) is 14.3 Å². The summed E-state index contributed by atoms with van der Waals surface area (Å²) in [4.78, 5) is 23.4. The molecule has 4 atom stereocenters. The second-order valence-electron chi connectivity index (χ2n) is 7.02. The molecule has 1 amide bonds. The van der Waals surface area contributed by atoms with Crippen LogP contribution < -0.4 is 5.73 Å². The van der Waals surface area contributed by atoms with Gasteiger partial charge in [-0.05, 0) is 31.6 Å². The van der Waals surface area contributed by atoms with Crippen molar-refractivity contribution >= 4 is 11.9 Å². The number of piperidine rings is 1. The third-order valence-corrected chi connectivity index (χ3v) is 5.47. The van der Waals surface area contributed by atoms with Crippen molar-refractivity contribution in [2.45, 2.75) is 50.0 Å². The lowest BCUT2D eigenvalue weighted by Crippen LogP contribution is -2.56. The molecule has 1 saturated carbocycles. The largest absolute Gasteiger partial charge is 0.490 e. The van der Waals surface area contributed by atoms with Gasteiger partial charge in [-0.2, -0.15) is 18.4 Å². The van der Waals surface area contributed by atoms with E-state index in [-0.39, 0.29) is 23.4 Å². The maximum atomic E-state index is 12.8. The van der Waals surface area contributed by atoms with Crippen molar-refractivity contribution in [3.8, 4) is 6.07 Å². The van der Waals surface area contributed by atoms with Gasteiger partial charge in [0, 0.05) is 24.7 Å². The van der Waals surface area contributed by atoms with Crippen molar-refractivity contribution in [2.24, 2.45) is 17.1 Å². The highest BCUT2D eigenvalue weighted by molar-refractivity contribution is 5.84. The zero-order valence-electron chi connectivity index (χ0n) is 14.6. The molecule has 10 heteroatoms. The number of nitriles is 1. The molecule has 0 bridgehead atoms. The molecule has 2 heterocycles. The second kappa shape index (κ2) is 7.86. The van der Waals surface area contributed by atoms with Crippen LogP contribution in [0.15, 0.2) is 12.7 Å². The lowest BCUT2D eigenvalue weighted by atomic mass is 9.73. The summed E-state index contributed by atoms with van der Waals surface area (Å²) in [5.74, 6) is -2.32. The molecule has 0 aromatic carbocycles. The molecule has 0 aromatic rings.